The van der Waals surface area contributed by atoms with Crippen molar-refractivity contribution in [2.75, 3.05) is 6.54 Å². The van der Waals surface area contributed by atoms with Gasteiger partial charge in [0.15, 0.2) is 11.5 Å². The molecule has 0 amide bonds. The van der Waals surface area contributed by atoms with E-state index in [0.717, 1.165) is 30.0 Å². The van der Waals surface area contributed by atoms with Gasteiger partial charge in [0.25, 0.3) is 0 Å². The number of phenols is 3. The van der Waals surface area contributed by atoms with Crippen molar-refractivity contribution in [3.8, 4) is 17.2 Å². The molecule has 0 fully saturated rings. The van der Waals surface area contributed by atoms with Gasteiger partial charge in [-0.25, -0.2) is 9.97 Å². The first-order valence-corrected chi connectivity index (χ1v) is 6.81. The summed E-state index contributed by atoms with van der Waals surface area (Å²) in [6.07, 6.45) is 2.68. The van der Waals surface area contributed by atoms with Crippen molar-refractivity contribution in [2.24, 2.45) is 0 Å². The molecular weight excluding hydrogens is 270 g/mol. The minimum atomic E-state index is -0.469. The van der Waals surface area contributed by atoms with Crippen LogP contribution in [0.25, 0.3) is 0 Å². The van der Waals surface area contributed by atoms with Crippen LogP contribution in [0.2, 0.25) is 0 Å². The van der Waals surface area contributed by atoms with E-state index in [-0.39, 0.29) is 11.5 Å². The van der Waals surface area contributed by atoms with Crippen LogP contribution in [0.15, 0.2) is 18.3 Å². The molecule has 2 aromatic rings. The molecule has 0 spiro atoms. The molecule has 6 heteroatoms. The lowest BCUT2D eigenvalue weighted by Crippen LogP contribution is -2.31. The van der Waals surface area contributed by atoms with E-state index in [1.807, 2.05) is 13.1 Å². The summed E-state index contributed by atoms with van der Waals surface area (Å²) in [5.41, 5.74) is 2.76. The van der Waals surface area contributed by atoms with Gasteiger partial charge in [0.2, 0.25) is 5.75 Å². The van der Waals surface area contributed by atoms with Crippen LogP contribution in [0.5, 0.6) is 17.2 Å². The van der Waals surface area contributed by atoms with Crippen LogP contribution in [-0.4, -0.2) is 36.7 Å². The Labute approximate surface area is 122 Å². The van der Waals surface area contributed by atoms with E-state index >= 15 is 0 Å². The predicted molar refractivity (Wildman–Crippen MR) is 76.0 cm³/mol. The molecule has 2 heterocycles. The van der Waals surface area contributed by atoms with Crippen molar-refractivity contribution in [1.82, 2.24) is 14.9 Å². The average molecular weight is 287 g/mol. The zero-order chi connectivity index (χ0) is 15.0. The zero-order valence-corrected chi connectivity index (χ0v) is 11.7. The first kappa shape index (κ1) is 13.6. The summed E-state index contributed by atoms with van der Waals surface area (Å²) in [5.74, 6) is -0.266. The molecule has 1 aromatic heterocycles. The lowest BCUT2D eigenvalue weighted by molar-refractivity contribution is 0.238. The second kappa shape index (κ2) is 5.21. The van der Waals surface area contributed by atoms with Gasteiger partial charge in [-0.15, -0.1) is 0 Å². The van der Waals surface area contributed by atoms with Gasteiger partial charge in [0, 0.05) is 49.1 Å². The summed E-state index contributed by atoms with van der Waals surface area (Å²) in [5, 5.41) is 28.8. The average Bonchev–Trinajstić information content (AvgIpc) is 2.48. The number of hydrogen-bond acceptors (Lipinski definition) is 6. The molecule has 0 unspecified atom stereocenters. The molecule has 3 N–H and O–H groups in total. The van der Waals surface area contributed by atoms with Gasteiger partial charge in [-0.3, -0.25) is 4.90 Å². The van der Waals surface area contributed by atoms with Gasteiger partial charge in [0.1, 0.15) is 5.82 Å². The topological polar surface area (TPSA) is 89.7 Å². The highest BCUT2D eigenvalue weighted by molar-refractivity contribution is 5.53. The molecule has 0 bridgehead atoms. The minimum Gasteiger partial charge on any atom is -0.504 e. The molecule has 0 aliphatic carbocycles. The maximum atomic E-state index is 9.88. The predicted octanol–water partition coefficient (Wildman–Crippen LogP) is 1.46. The Morgan fingerprint density at radius 3 is 2.81 bits per heavy atom. The van der Waals surface area contributed by atoms with Crippen molar-refractivity contribution in [3.05, 3.63) is 41.0 Å². The monoisotopic (exact) mass is 287 g/mol. The number of aromatic nitrogens is 2. The molecule has 1 aliphatic rings. The van der Waals surface area contributed by atoms with E-state index in [1.165, 1.54) is 6.07 Å². The minimum absolute atomic E-state index is 0.263. The Morgan fingerprint density at radius 2 is 2.00 bits per heavy atom. The van der Waals surface area contributed by atoms with Crippen LogP contribution >= 0.6 is 0 Å². The maximum Gasteiger partial charge on any atom is 0.200 e. The van der Waals surface area contributed by atoms with E-state index in [9.17, 15) is 15.3 Å². The van der Waals surface area contributed by atoms with Crippen molar-refractivity contribution < 1.29 is 15.3 Å². The molecule has 3 rings (SSSR count). The van der Waals surface area contributed by atoms with Crippen LogP contribution in [0, 0.1) is 6.92 Å². The molecule has 21 heavy (non-hydrogen) atoms. The normalized spacial score (nSPS) is 14.9. The summed E-state index contributed by atoms with van der Waals surface area (Å²) in [7, 11) is 0. The summed E-state index contributed by atoms with van der Waals surface area (Å²) in [6, 6.07) is 3.00. The van der Waals surface area contributed by atoms with Crippen molar-refractivity contribution in [2.45, 2.75) is 26.4 Å². The van der Waals surface area contributed by atoms with Crippen LogP contribution in [0.1, 0.15) is 22.6 Å². The van der Waals surface area contributed by atoms with Gasteiger partial charge >= 0.3 is 0 Å². The van der Waals surface area contributed by atoms with E-state index < -0.39 is 5.75 Å². The Kier molecular flexibility index (Phi) is 3.39. The van der Waals surface area contributed by atoms with Crippen molar-refractivity contribution in [1.29, 1.82) is 0 Å². The lowest BCUT2D eigenvalue weighted by Gasteiger charge is -2.28. The summed E-state index contributed by atoms with van der Waals surface area (Å²) in [4.78, 5) is 10.8. The summed E-state index contributed by atoms with van der Waals surface area (Å²) in [6.45, 7) is 3.90. The summed E-state index contributed by atoms with van der Waals surface area (Å²) < 4.78 is 0. The standard InChI is InChI=1S/C15H17N3O3/c1-9-16-6-11-8-18(5-4-12(11)17-9)7-10-2-3-13(19)15(21)14(10)20/h2-3,6,19-21H,4-5,7-8H2,1H3. The number of nitrogens with zero attached hydrogens (tertiary/aromatic N) is 3. The fourth-order valence-corrected chi connectivity index (χ4v) is 2.59. The molecule has 0 saturated carbocycles. The first-order valence-electron chi connectivity index (χ1n) is 6.81. The second-order valence-corrected chi connectivity index (χ2v) is 5.29. The van der Waals surface area contributed by atoms with Crippen LogP contribution in [0.3, 0.4) is 0 Å². The van der Waals surface area contributed by atoms with Gasteiger partial charge in [-0.05, 0) is 13.0 Å². The SMILES string of the molecule is Cc1ncc2c(n1)CCN(Cc1ccc(O)c(O)c1O)C2. The number of benzene rings is 1. The van der Waals surface area contributed by atoms with E-state index in [2.05, 4.69) is 14.9 Å². The Morgan fingerprint density at radius 1 is 1.19 bits per heavy atom. The highest BCUT2D eigenvalue weighted by Crippen LogP contribution is 2.37. The van der Waals surface area contributed by atoms with Crippen LogP contribution < -0.4 is 0 Å². The fourth-order valence-electron chi connectivity index (χ4n) is 2.59. The van der Waals surface area contributed by atoms with Crippen molar-refractivity contribution in [3.63, 3.8) is 0 Å². The van der Waals surface area contributed by atoms with Gasteiger partial charge < -0.3 is 15.3 Å². The summed E-state index contributed by atoms with van der Waals surface area (Å²) >= 11 is 0. The van der Waals surface area contributed by atoms with Crippen LogP contribution in [0.4, 0.5) is 0 Å². The van der Waals surface area contributed by atoms with Crippen LogP contribution in [-0.2, 0) is 19.5 Å². The third-order valence-corrected chi connectivity index (χ3v) is 3.74. The first-order chi connectivity index (χ1) is 10.0. The van der Waals surface area contributed by atoms with Gasteiger partial charge in [-0.1, -0.05) is 6.07 Å². The van der Waals surface area contributed by atoms with Crippen molar-refractivity contribution >= 4 is 0 Å². The quantitative estimate of drug-likeness (QED) is 0.725. The third kappa shape index (κ3) is 2.62. The Bertz CT molecular complexity index is 688. The highest BCUT2D eigenvalue weighted by Gasteiger charge is 2.20. The molecule has 0 saturated heterocycles. The molecule has 0 atom stereocenters. The Hall–Kier alpha value is -2.34. The Balaban J connectivity index is 1.79. The van der Waals surface area contributed by atoms with Gasteiger partial charge in [-0.2, -0.15) is 0 Å². The fraction of sp³-hybridized carbons (Fsp3) is 0.333. The van der Waals surface area contributed by atoms with E-state index in [1.54, 1.807) is 6.07 Å². The largest absolute Gasteiger partial charge is 0.504 e. The van der Waals surface area contributed by atoms with E-state index in [4.69, 9.17) is 0 Å². The third-order valence-electron chi connectivity index (χ3n) is 3.74. The molecule has 1 aromatic carbocycles. The molecule has 110 valence electrons. The highest BCUT2D eigenvalue weighted by atomic mass is 16.3. The number of aromatic hydroxyl groups is 3. The zero-order valence-electron chi connectivity index (χ0n) is 11.7. The lowest BCUT2D eigenvalue weighted by atomic mass is 10.1. The molecular formula is C15H17N3O3. The number of phenolic OH excluding ortho intramolecular Hbond substituents is 3. The van der Waals surface area contributed by atoms with E-state index in [0.29, 0.717) is 18.7 Å². The maximum absolute atomic E-state index is 9.88. The molecule has 1 aliphatic heterocycles. The molecule has 0 radical (unpaired) electrons. The number of fused-ring (bicyclic) bond motifs is 1. The number of hydrogen-bond donors (Lipinski definition) is 3. The smallest absolute Gasteiger partial charge is 0.200 e. The molecule has 6 nitrogen and oxygen atoms in total. The van der Waals surface area contributed by atoms with Gasteiger partial charge in [0.05, 0.1) is 0 Å². The second-order valence-electron chi connectivity index (χ2n) is 5.29. The number of aryl methyl sites for hydroxylation is 1. The number of rotatable bonds is 2.